The van der Waals surface area contributed by atoms with Gasteiger partial charge in [0.25, 0.3) is 0 Å². The van der Waals surface area contributed by atoms with Crippen molar-refractivity contribution in [3.05, 3.63) is 24.4 Å². The van der Waals surface area contributed by atoms with Crippen molar-refractivity contribution in [3.63, 3.8) is 0 Å². The standard InChI is InChI=1S/C8H10N2O/c1-2-8-10-6-4-3-5-7(10)9-11-8/h3-6,8H,2H2,1H3. The summed E-state index contributed by atoms with van der Waals surface area (Å²) in [4.78, 5) is 7.19. The molecule has 0 saturated heterocycles. The molecular weight excluding hydrogens is 140 g/mol. The van der Waals surface area contributed by atoms with Crippen molar-refractivity contribution in [2.24, 2.45) is 5.16 Å². The van der Waals surface area contributed by atoms with E-state index in [1.165, 1.54) is 0 Å². The molecule has 3 nitrogen and oxygen atoms in total. The Kier molecular flexibility index (Phi) is 1.42. The molecule has 2 aliphatic heterocycles. The molecule has 0 fully saturated rings. The van der Waals surface area contributed by atoms with Gasteiger partial charge in [-0.25, -0.2) is 0 Å². The molecule has 0 aromatic heterocycles. The highest BCUT2D eigenvalue weighted by Gasteiger charge is 2.25. The quantitative estimate of drug-likeness (QED) is 0.565. The lowest BCUT2D eigenvalue weighted by Gasteiger charge is -2.19. The Hall–Kier alpha value is -1.25. The minimum absolute atomic E-state index is 0.103. The van der Waals surface area contributed by atoms with Gasteiger partial charge in [-0.1, -0.05) is 18.2 Å². The van der Waals surface area contributed by atoms with Gasteiger partial charge in [-0.2, -0.15) is 0 Å². The molecular formula is C8H10N2O. The van der Waals surface area contributed by atoms with Crippen molar-refractivity contribution >= 4 is 5.84 Å². The molecule has 58 valence electrons. The maximum atomic E-state index is 5.16. The van der Waals surface area contributed by atoms with Crippen LogP contribution in [0.4, 0.5) is 0 Å². The first-order chi connectivity index (χ1) is 5.42. The lowest BCUT2D eigenvalue weighted by molar-refractivity contribution is 0.0255. The van der Waals surface area contributed by atoms with Crippen LogP contribution in [0.2, 0.25) is 0 Å². The van der Waals surface area contributed by atoms with E-state index >= 15 is 0 Å². The van der Waals surface area contributed by atoms with Gasteiger partial charge in [-0.3, -0.25) is 4.90 Å². The third-order valence-corrected chi connectivity index (χ3v) is 1.80. The van der Waals surface area contributed by atoms with E-state index in [4.69, 9.17) is 4.84 Å². The van der Waals surface area contributed by atoms with Gasteiger partial charge in [0.15, 0.2) is 5.84 Å². The van der Waals surface area contributed by atoms with Crippen LogP contribution in [0.3, 0.4) is 0 Å². The van der Waals surface area contributed by atoms with Crippen molar-refractivity contribution in [2.45, 2.75) is 19.6 Å². The second-order valence-electron chi connectivity index (χ2n) is 2.53. The fourth-order valence-electron chi connectivity index (χ4n) is 1.20. The first-order valence-corrected chi connectivity index (χ1v) is 3.79. The molecule has 0 amide bonds. The van der Waals surface area contributed by atoms with Crippen LogP contribution in [-0.4, -0.2) is 17.0 Å². The largest absolute Gasteiger partial charge is 0.368 e. The summed E-state index contributed by atoms with van der Waals surface area (Å²) >= 11 is 0. The van der Waals surface area contributed by atoms with Crippen LogP contribution >= 0.6 is 0 Å². The molecule has 0 aliphatic carbocycles. The third kappa shape index (κ3) is 0.926. The molecule has 0 aromatic rings. The summed E-state index contributed by atoms with van der Waals surface area (Å²) < 4.78 is 0. The molecule has 1 unspecified atom stereocenters. The maximum Gasteiger partial charge on any atom is 0.204 e. The average Bonchev–Trinajstić information content (AvgIpc) is 2.47. The lowest BCUT2D eigenvalue weighted by Crippen LogP contribution is -2.30. The van der Waals surface area contributed by atoms with E-state index in [2.05, 4.69) is 12.1 Å². The first-order valence-electron chi connectivity index (χ1n) is 3.79. The Labute approximate surface area is 65.6 Å². The summed E-state index contributed by atoms with van der Waals surface area (Å²) in [5.74, 6) is 0.902. The zero-order valence-corrected chi connectivity index (χ0v) is 6.40. The number of rotatable bonds is 1. The third-order valence-electron chi connectivity index (χ3n) is 1.80. The Bertz CT molecular complexity index is 242. The summed E-state index contributed by atoms with van der Waals surface area (Å²) in [6.45, 7) is 2.08. The lowest BCUT2D eigenvalue weighted by atomic mass is 10.3. The highest BCUT2D eigenvalue weighted by Crippen LogP contribution is 2.18. The molecule has 2 rings (SSSR count). The van der Waals surface area contributed by atoms with Crippen LogP contribution in [0.5, 0.6) is 0 Å². The average molecular weight is 150 g/mol. The van der Waals surface area contributed by atoms with E-state index in [1.807, 2.05) is 29.3 Å². The smallest absolute Gasteiger partial charge is 0.204 e. The zero-order chi connectivity index (χ0) is 7.68. The zero-order valence-electron chi connectivity index (χ0n) is 6.40. The van der Waals surface area contributed by atoms with Crippen molar-refractivity contribution in [2.75, 3.05) is 0 Å². The van der Waals surface area contributed by atoms with E-state index < -0.39 is 0 Å². The molecule has 0 bridgehead atoms. The number of hydrogen-bond donors (Lipinski definition) is 0. The summed E-state index contributed by atoms with van der Waals surface area (Å²) in [5.41, 5.74) is 0. The molecule has 0 N–H and O–H groups in total. The van der Waals surface area contributed by atoms with E-state index in [-0.39, 0.29) is 6.23 Å². The number of nitrogens with zero attached hydrogens (tertiary/aromatic N) is 2. The number of fused-ring (bicyclic) bond motifs is 1. The fourth-order valence-corrected chi connectivity index (χ4v) is 1.20. The predicted molar refractivity (Wildman–Crippen MR) is 42.7 cm³/mol. The molecule has 0 radical (unpaired) electrons. The van der Waals surface area contributed by atoms with E-state index in [9.17, 15) is 0 Å². The summed E-state index contributed by atoms with van der Waals surface area (Å²) in [6.07, 6.45) is 8.92. The maximum absolute atomic E-state index is 5.16. The number of allylic oxidation sites excluding steroid dienone is 2. The van der Waals surface area contributed by atoms with Crippen LogP contribution in [0.1, 0.15) is 13.3 Å². The van der Waals surface area contributed by atoms with Crippen LogP contribution < -0.4 is 0 Å². The van der Waals surface area contributed by atoms with Crippen molar-refractivity contribution in [1.82, 2.24) is 4.90 Å². The highest BCUT2D eigenvalue weighted by atomic mass is 16.7. The molecule has 11 heavy (non-hydrogen) atoms. The monoisotopic (exact) mass is 150 g/mol. The van der Waals surface area contributed by atoms with Gasteiger partial charge in [-0.05, 0) is 12.2 Å². The van der Waals surface area contributed by atoms with Gasteiger partial charge in [0.2, 0.25) is 6.23 Å². The summed E-state index contributed by atoms with van der Waals surface area (Å²) in [7, 11) is 0. The van der Waals surface area contributed by atoms with Crippen LogP contribution in [0.15, 0.2) is 29.6 Å². The van der Waals surface area contributed by atoms with Crippen molar-refractivity contribution in [1.29, 1.82) is 0 Å². The predicted octanol–water partition coefficient (Wildman–Crippen LogP) is 1.45. The van der Waals surface area contributed by atoms with Crippen LogP contribution in [0.25, 0.3) is 0 Å². The Morgan fingerprint density at radius 1 is 1.64 bits per heavy atom. The topological polar surface area (TPSA) is 24.8 Å². The molecule has 0 saturated carbocycles. The van der Waals surface area contributed by atoms with Gasteiger partial charge in [-0.15, -0.1) is 0 Å². The minimum Gasteiger partial charge on any atom is -0.368 e. The van der Waals surface area contributed by atoms with Crippen LogP contribution in [0, 0.1) is 0 Å². The summed E-state index contributed by atoms with van der Waals surface area (Å²) in [6, 6.07) is 0. The highest BCUT2D eigenvalue weighted by molar-refractivity contribution is 5.95. The Balaban J connectivity index is 2.21. The normalized spacial score (nSPS) is 26.5. The van der Waals surface area contributed by atoms with Crippen LogP contribution in [-0.2, 0) is 4.84 Å². The molecule has 1 atom stereocenters. The van der Waals surface area contributed by atoms with Gasteiger partial charge in [0, 0.05) is 12.6 Å². The number of amidine groups is 1. The van der Waals surface area contributed by atoms with Crippen molar-refractivity contribution < 1.29 is 4.84 Å². The molecule has 0 spiro atoms. The van der Waals surface area contributed by atoms with E-state index in [0.29, 0.717) is 0 Å². The SMILES string of the molecule is CCC1ON=C2C=CC=CN21. The van der Waals surface area contributed by atoms with Gasteiger partial charge >= 0.3 is 0 Å². The van der Waals surface area contributed by atoms with E-state index in [1.54, 1.807) is 0 Å². The van der Waals surface area contributed by atoms with Gasteiger partial charge in [0.1, 0.15) is 0 Å². The van der Waals surface area contributed by atoms with Gasteiger partial charge < -0.3 is 4.84 Å². The fraction of sp³-hybridized carbons (Fsp3) is 0.375. The number of oxime groups is 1. The molecule has 2 aliphatic rings. The summed E-state index contributed by atoms with van der Waals surface area (Å²) in [5, 5.41) is 3.91. The molecule has 0 aromatic carbocycles. The van der Waals surface area contributed by atoms with E-state index in [0.717, 1.165) is 12.3 Å². The number of hydrogen-bond acceptors (Lipinski definition) is 3. The Morgan fingerprint density at radius 3 is 3.36 bits per heavy atom. The van der Waals surface area contributed by atoms with Gasteiger partial charge in [0.05, 0.1) is 0 Å². The molecule has 2 heterocycles. The van der Waals surface area contributed by atoms with Crippen molar-refractivity contribution in [3.8, 4) is 0 Å². The first kappa shape index (κ1) is 6.46. The second-order valence-corrected chi connectivity index (χ2v) is 2.53. The minimum atomic E-state index is 0.103. The Morgan fingerprint density at radius 2 is 2.55 bits per heavy atom. The second kappa shape index (κ2) is 2.42. The molecule has 3 heteroatoms.